The summed E-state index contributed by atoms with van der Waals surface area (Å²) in [6.45, 7) is 3.83. The molecule has 0 aromatic heterocycles. The van der Waals surface area contributed by atoms with Crippen LogP contribution in [-0.2, 0) is 0 Å². The number of carbonyl (C=O) groups excluding carboxylic acids is 1. The lowest BCUT2D eigenvalue weighted by atomic mass is 10.2. The first-order valence-electron chi connectivity index (χ1n) is 4.90. The van der Waals surface area contributed by atoms with Crippen LogP contribution in [0.1, 0.15) is 24.2 Å². The second-order valence-electron chi connectivity index (χ2n) is 3.60. The summed E-state index contributed by atoms with van der Waals surface area (Å²) in [7, 11) is 0. The molecule has 0 aliphatic carbocycles. The molecule has 1 amide bonds. The molecule has 0 unspecified atom stereocenters. The number of benzene rings is 1. The van der Waals surface area contributed by atoms with Gasteiger partial charge >= 0.3 is 0 Å². The van der Waals surface area contributed by atoms with E-state index in [1.54, 1.807) is 12.1 Å². The summed E-state index contributed by atoms with van der Waals surface area (Å²) in [5.74, 6) is -0.483. The highest BCUT2D eigenvalue weighted by atomic mass is 32.1. The van der Waals surface area contributed by atoms with Gasteiger partial charge in [0.1, 0.15) is 5.75 Å². The van der Waals surface area contributed by atoms with Crippen molar-refractivity contribution in [3.05, 3.63) is 29.8 Å². The van der Waals surface area contributed by atoms with Gasteiger partial charge < -0.3 is 10.4 Å². The topological polar surface area (TPSA) is 61.4 Å². The van der Waals surface area contributed by atoms with E-state index in [9.17, 15) is 9.90 Å². The molecule has 16 heavy (non-hydrogen) atoms. The molecule has 0 fully saturated rings. The van der Waals surface area contributed by atoms with Gasteiger partial charge in [-0.25, -0.2) is 0 Å². The maximum atomic E-state index is 11.7. The molecule has 86 valence electrons. The van der Waals surface area contributed by atoms with Crippen LogP contribution in [0.2, 0.25) is 0 Å². The Labute approximate surface area is 99.7 Å². The number of rotatable bonds is 2. The monoisotopic (exact) mass is 238 g/mol. The first-order chi connectivity index (χ1) is 7.50. The van der Waals surface area contributed by atoms with Gasteiger partial charge in [-0.3, -0.25) is 10.1 Å². The smallest absolute Gasteiger partial charge is 0.261 e. The quantitative estimate of drug-likeness (QED) is 0.682. The van der Waals surface area contributed by atoms with Crippen LogP contribution >= 0.6 is 12.2 Å². The van der Waals surface area contributed by atoms with Crippen LogP contribution in [0.3, 0.4) is 0 Å². The fourth-order valence-electron chi connectivity index (χ4n) is 1.13. The van der Waals surface area contributed by atoms with Crippen molar-refractivity contribution in [1.29, 1.82) is 0 Å². The predicted molar refractivity (Wildman–Crippen MR) is 66.4 cm³/mol. The molecular formula is C11H14N2O2S. The molecule has 0 bridgehead atoms. The van der Waals surface area contributed by atoms with Crippen LogP contribution in [0.5, 0.6) is 5.75 Å². The summed E-state index contributed by atoms with van der Waals surface area (Å²) >= 11 is 4.93. The fourth-order valence-corrected chi connectivity index (χ4v) is 1.46. The Morgan fingerprint density at radius 3 is 2.56 bits per heavy atom. The number of amides is 1. The van der Waals surface area contributed by atoms with Gasteiger partial charge in [0.25, 0.3) is 5.91 Å². The Kier molecular flexibility index (Phi) is 4.25. The van der Waals surface area contributed by atoms with E-state index < -0.39 is 5.91 Å². The maximum absolute atomic E-state index is 11.7. The number of phenolic OH excluding ortho intramolecular Hbond substituents is 1. The van der Waals surface area contributed by atoms with Gasteiger partial charge in [0.2, 0.25) is 0 Å². The molecule has 0 atom stereocenters. The average molecular weight is 238 g/mol. The molecule has 1 rings (SSSR count). The lowest BCUT2D eigenvalue weighted by molar-refractivity contribution is 0.0974. The van der Waals surface area contributed by atoms with Crippen molar-refractivity contribution in [2.45, 2.75) is 19.9 Å². The van der Waals surface area contributed by atoms with E-state index in [0.717, 1.165) is 0 Å². The van der Waals surface area contributed by atoms with Crippen LogP contribution in [0.25, 0.3) is 0 Å². The third kappa shape index (κ3) is 3.51. The van der Waals surface area contributed by atoms with Crippen molar-refractivity contribution < 1.29 is 9.90 Å². The highest BCUT2D eigenvalue weighted by molar-refractivity contribution is 7.80. The van der Waals surface area contributed by atoms with E-state index in [1.165, 1.54) is 12.1 Å². The largest absolute Gasteiger partial charge is 0.507 e. The zero-order valence-electron chi connectivity index (χ0n) is 9.15. The molecule has 1 aromatic rings. The number of hydrogen-bond donors (Lipinski definition) is 3. The minimum Gasteiger partial charge on any atom is -0.507 e. The van der Waals surface area contributed by atoms with E-state index in [2.05, 4.69) is 10.6 Å². The molecule has 0 heterocycles. The van der Waals surface area contributed by atoms with Gasteiger partial charge in [-0.15, -0.1) is 0 Å². The third-order valence-corrected chi connectivity index (χ3v) is 2.02. The molecule has 4 nitrogen and oxygen atoms in total. The van der Waals surface area contributed by atoms with Crippen molar-refractivity contribution in [3.63, 3.8) is 0 Å². The third-order valence-electron chi connectivity index (χ3n) is 1.80. The van der Waals surface area contributed by atoms with Crippen LogP contribution in [-0.4, -0.2) is 22.2 Å². The first kappa shape index (κ1) is 12.4. The lowest BCUT2D eigenvalue weighted by Crippen LogP contribution is -2.42. The zero-order chi connectivity index (χ0) is 12.1. The van der Waals surface area contributed by atoms with Gasteiger partial charge in [-0.2, -0.15) is 0 Å². The summed E-state index contributed by atoms with van der Waals surface area (Å²) in [6, 6.07) is 6.46. The summed E-state index contributed by atoms with van der Waals surface area (Å²) < 4.78 is 0. The highest BCUT2D eigenvalue weighted by Crippen LogP contribution is 2.14. The summed E-state index contributed by atoms with van der Waals surface area (Å²) in [5, 5.41) is 15.1. The second kappa shape index (κ2) is 5.46. The number of carbonyl (C=O) groups is 1. The van der Waals surface area contributed by atoms with Crippen LogP contribution < -0.4 is 10.6 Å². The van der Waals surface area contributed by atoms with Crippen molar-refractivity contribution >= 4 is 23.2 Å². The molecule has 0 saturated carbocycles. The van der Waals surface area contributed by atoms with Gasteiger partial charge in [0.15, 0.2) is 5.11 Å². The molecule has 3 N–H and O–H groups in total. The Bertz CT molecular complexity index is 405. The van der Waals surface area contributed by atoms with Crippen LogP contribution in [0.4, 0.5) is 0 Å². The Morgan fingerprint density at radius 1 is 1.38 bits per heavy atom. The summed E-state index contributed by atoms with van der Waals surface area (Å²) in [5.41, 5.74) is 0.204. The normalized spacial score (nSPS) is 9.94. The van der Waals surface area contributed by atoms with Crippen LogP contribution in [0, 0.1) is 0 Å². The maximum Gasteiger partial charge on any atom is 0.261 e. The molecule has 1 aromatic carbocycles. The van der Waals surface area contributed by atoms with E-state index in [-0.39, 0.29) is 22.5 Å². The minimum absolute atomic E-state index is 0.0626. The minimum atomic E-state index is -0.420. The molecular weight excluding hydrogens is 224 g/mol. The predicted octanol–water partition coefficient (Wildman–Crippen LogP) is 1.40. The average Bonchev–Trinajstić information content (AvgIpc) is 2.16. The SMILES string of the molecule is CC(C)NC(=S)NC(=O)c1ccccc1O. The number of phenols is 1. The molecule has 0 aliphatic heterocycles. The molecule has 0 aliphatic rings. The fraction of sp³-hybridized carbons (Fsp3) is 0.273. The highest BCUT2D eigenvalue weighted by Gasteiger charge is 2.11. The molecule has 0 spiro atoms. The van der Waals surface area contributed by atoms with Crippen molar-refractivity contribution in [3.8, 4) is 5.75 Å². The number of hydrogen-bond acceptors (Lipinski definition) is 3. The first-order valence-corrected chi connectivity index (χ1v) is 5.31. The summed E-state index contributed by atoms with van der Waals surface area (Å²) in [4.78, 5) is 11.7. The second-order valence-corrected chi connectivity index (χ2v) is 4.01. The lowest BCUT2D eigenvalue weighted by Gasteiger charge is -2.12. The Balaban J connectivity index is 2.66. The summed E-state index contributed by atoms with van der Waals surface area (Å²) in [6.07, 6.45) is 0. The number of nitrogens with one attached hydrogen (secondary N) is 2. The Hall–Kier alpha value is -1.62. The Morgan fingerprint density at radius 2 is 2.00 bits per heavy atom. The molecule has 0 radical (unpaired) electrons. The zero-order valence-corrected chi connectivity index (χ0v) is 9.97. The molecule has 5 heteroatoms. The van der Waals surface area contributed by atoms with E-state index in [1.807, 2.05) is 13.8 Å². The number of thiocarbonyl (C=S) groups is 1. The number of aromatic hydroxyl groups is 1. The standard InChI is InChI=1S/C11H14N2O2S/c1-7(2)12-11(16)13-10(15)8-5-3-4-6-9(8)14/h3-7,14H,1-2H3,(H2,12,13,15,16). The van der Waals surface area contributed by atoms with E-state index in [0.29, 0.717) is 0 Å². The number of para-hydroxylation sites is 1. The van der Waals surface area contributed by atoms with E-state index in [4.69, 9.17) is 12.2 Å². The van der Waals surface area contributed by atoms with Gasteiger partial charge in [-0.05, 0) is 38.2 Å². The van der Waals surface area contributed by atoms with Gasteiger partial charge in [-0.1, -0.05) is 12.1 Å². The molecule has 0 saturated heterocycles. The van der Waals surface area contributed by atoms with Crippen molar-refractivity contribution in [2.24, 2.45) is 0 Å². The van der Waals surface area contributed by atoms with E-state index >= 15 is 0 Å². The van der Waals surface area contributed by atoms with Gasteiger partial charge in [0, 0.05) is 6.04 Å². The van der Waals surface area contributed by atoms with Crippen molar-refractivity contribution in [2.75, 3.05) is 0 Å². The van der Waals surface area contributed by atoms with Crippen LogP contribution in [0.15, 0.2) is 24.3 Å². The van der Waals surface area contributed by atoms with Gasteiger partial charge in [0.05, 0.1) is 5.56 Å². The van der Waals surface area contributed by atoms with Crippen molar-refractivity contribution in [1.82, 2.24) is 10.6 Å².